The molecule has 1 saturated heterocycles. The van der Waals surface area contributed by atoms with Crippen LogP contribution in [0.5, 0.6) is 0 Å². The van der Waals surface area contributed by atoms with E-state index in [4.69, 9.17) is 4.98 Å². The normalized spacial score (nSPS) is 25.0. The lowest BCUT2D eigenvalue weighted by Crippen LogP contribution is -2.44. The van der Waals surface area contributed by atoms with E-state index >= 15 is 4.39 Å². The van der Waals surface area contributed by atoms with Crippen molar-refractivity contribution in [1.29, 1.82) is 5.26 Å². The van der Waals surface area contributed by atoms with Crippen molar-refractivity contribution in [3.05, 3.63) is 70.3 Å². The molecule has 0 unspecified atom stereocenters. The lowest BCUT2D eigenvalue weighted by atomic mass is 9.57. The molecule has 3 aliphatic rings. The first-order valence-corrected chi connectivity index (χ1v) is 15.2. The number of halogens is 1. The van der Waals surface area contributed by atoms with Gasteiger partial charge in [-0.25, -0.2) is 9.37 Å². The number of rotatable bonds is 7. The van der Waals surface area contributed by atoms with Crippen molar-refractivity contribution < 1.29 is 9.18 Å². The number of nitrogens with zero attached hydrogens (tertiary/aromatic N) is 6. The fourth-order valence-electron chi connectivity index (χ4n) is 7.54. The third kappa shape index (κ3) is 5.22. The fourth-order valence-corrected chi connectivity index (χ4v) is 7.54. The van der Waals surface area contributed by atoms with Crippen molar-refractivity contribution in [1.82, 2.24) is 24.6 Å². The fraction of sp³-hybridized carbons (Fsp3) is 0.545. The van der Waals surface area contributed by atoms with E-state index < -0.39 is 11.2 Å². The molecule has 1 aromatic carbocycles. The number of amides is 1. The second-order valence-corrected chi connectivity index (χ2v) is 13.5. The van der Waals surface area contributed by atoms with Crippen molar-refractivity contribution in [2.45, 2.75) is 83.1 Å². The summed E-state index contributed by atoms with van der Waals surface area (Å²) in [6.07, 6.45) is 7.86. The highest BCUT2D eigenvalue weighted by molar-refractivity contribution is 6.03. The lowest BCUT2D eigenvalue weighted by Gasteiger charge is -2.46. The average Bonchev–Trinajstić information content (AvgIpc) is 3.48. The number of likely N-dealkylation sites (tertiary alicyclic amines) is 1. The molecule has 1 aliphatic heterocycles. The van der Waals surface area contributed by atoms with E-state index in [1.165, 1.54) is 36.1 Å². The molecule has 2 aromatic heterocycles. The highest BCUT2D eigenvalue weighted by atomic mass is 19.1. The van der Waals surface area contributed by atoms with Gasteiger partial charge in [0.2, 0.25) is 0 Å². The third-order valence-electron chi connectivity index (χ3n) is 9.73. The van der Waals surface area contributed by atoms with Gasteiger partial charge in [0.15, 0.2) is 0 Å². The zero-order valence-electron chi connectivity index (χ0n) is 25.1. The van der Waals surface area contributed by atoms with Crippen LogP contribution in [0.2, 0.25) is 0 Å². The number of hydrogen-bond acceptors (Lipinski definition) is 6. The number of carbonyl (C=O) groups excluding carboxylic acids is 1. The number of anilines is 1. The minimum absolute atomic E-state index is 0.103. The Balaban J connectivity index is 1.31. The van der Waals surface area contributed by atoms with Crippen molar-refractivity contribution in [3.63, 3.8) is 0 Å². The number of nitriles is 1. The van der Waals surface area contributed by atoms with Crippen LogP contribution in [0.4, 0.5) is 10.1 Å². The van der Waals surface area contributed by atoms with Crippen LogP contribution in [-0.4, -0.2) is 43.6 Å². The van der Waals surface area contributed by atoms with Crippen molar-refractivity contribution in [3.8, 4) is 6.07 Å². The smallest absolute Gasteiger partial charge is 0.274 e. The van der Waals surface area contributed by atoms with Crippen LogP contribution in [0.25, 0.3) is 0 Å². The lowest BCUT2D eigenvalue weighted by molar-refractivity contribution is 0.102. The number of aromatic nitrogens is 4. The van der Waals surface area contributed by atoms with Gasteiger partial charge in [-0.3, -0.25) is 9.69 Å². The van der Waals surface area contributed by atoms with Crippen molar-refractivity contribution in [2.75, 3.05) is 18.4 Å². The Kier molecular flexibility index (Phi) is 7.38. The minimum atomic E-state index is -0.567. The molecule has 220 valence electrons. The van der Waals surface area contributed by atoms with E-state index in [1.54, 1.807) is 6.33 Å². The highest BCUT2D eigenvalue weighted by Crippen LogP contribution is 2.53. The second kappa shape index (κ2) is 10.9. The van der Waals surface area contributed by atoms with Crippen molar-refractivity contribution >= 4 is 11.6 Å². The quantitative estimate of drug-likeness (QED) is 0.394. The minimum Gasteiger partial charge on any atom is -0.321 e. The first-order chi connectivity index (χ1) is 20.1. The summed E-state index contributed by atoms with van der Waals surface area (Å²) in [7, 11) is 1.87. The van der Waals surface area contributed by atoms with Gasteiger partial charge >= 0.3 is 0 Å². The molecule has 1 amide bonds. The number of piperidine rings is 1. The molecule has 0 bridgehead atoms. The molecule has 1 saturated carbocycles. The predicted molar refractivity (Wildman–Crippen MR) is 158 cm³/mol. The van der Waals surface area contributed by atoms with Gasteiger partial charge in [-0.15, -0.1) is 10.2 Å². The number of carbonyl (C=O) groups is 1. The molecule has 6 rings (SSSR count). The summed E-state index contributed by atoms with van der Waals surface area (Å²) >= 11 is 0. The maximum Gasteiger partial charge on any atom is 0.274 e. The van der Waals surface area contributed by atoms with Crippen LogP contribution in [0.1, 0.15) is 98.0 Å². The molecule has 1 atom stereocenters. The number of pyridine rings is 1. The number of aryl methyl sites for hydroxylation is 1. The van der Waals surface area contributed by atoms with Gasteiger partial charge < -0.3 is 9.88 Å². The van der Waals surface area contributed by atoms with E-state index in [1.807, 2.05) is 23.7 Å². The molecule has 3 heterocycles. The Morgan fingerprint density at radius 2 is 2.05 bits per heavy atom. The van der Waals surface area contributed by atoms with Gasteiger partial charge in [0.25, 0.3) is 5.91 Å². The largest absolute Gasteiger partial charge is 0.321 e. The molecule has 1 N–H and O–H groups in total. The van der Waals surface area contributed by atoms with Gasteiger partial charge in [0.05, 0.1) is 17.2 Å². The summed E-state index contributed by atoms with van der Waals surface area (Å²) in [4.78, 5) is 21.1. The van der Waals surface area contributed by atoms with Crippen LogP contribution in [0, 0.1) is 29.0 Å². The number of nitrogens with one attached hydrogen (secondary N) is 1. The summed E-state index contributed by atoms with van der Waals surface area (Å²) in [5.74, 6) is 0.836. The molecule has 2 fully saturated rings. The van der Waals surface area contributed by atoms with Crippen LogP contribution in [0.3, 0.4) is 0 Å². The van der Waals surface area contributed by atoms with Crippen molar-refractivity contribution in [2.24, 2.45) is 18.9 Å². The number of benzene rings is 1. The zero-order chi connectivity index (χ0) is 29.6. The number of hydrogen-bond donors (Lipinski definition) is 1. The molecular weight excluding hydrogens is 529 g/mol. The molecule has 2 aliphatic carbocycles. The molecular formula is C33H40FN7O. The molecule has 0 radical (unpaired) electrons. The maximum atomic E-state index is 15.1. The first-order valence-electron chi connectivity index (χ1n) is 15.2. The van der Waals surface area contributed by atoms with Gasteiger partial charge in [-0.05, 0) is 97.9 Å². The average molecular weight is 570 g/mol. The summed E-state index contributed by atoms with van der Waals surface area (Å²) in [5.41, 5.74) is 4.29. The second-order valence-electron chi connectivity index (χ2n) is 13.5. The maximum absolute atomic E-state index is 15.1. The molecule has 3 aromatic rings. The van der Waals surface area contributed by atoms with Crippen LogP contribution in [-0.2, 0) is 30.8 Å². The Morgan fingerprint density at radius 3 is 2.76 bits per heavy atom. The topological polar surface area (TPSA) is 99.7 Å². The SMILES string of the molecule is C[C@H]1CCCN(Cc2cc(C(=O)Nc3cc(F)cc(C4(c5nncn5C)CC(CC#N)C4)c3)nc3c2CCC3(C)C)C1. The predicted octanol–water partition coefficient (Wildman–Crippen LogP) is 5.67. The third-order valence-corrected chi connectivity index (χ3v) is 9.73. The highest BCUT2D eigenvalue weighted by Gasteiger charge is 2.50. The van der Waals surface area contributed by atoms with Gasteiger partial charge in [0, 0.05) is 37.7 Å². The van der Waals surface area contributed by atoms with E-state index in [-0.39, 0.29) is 17.2 Å². The van der Waals surface area contributed by atoms with Crippen LogP contribution < -0.4 is 5.32 Å². The standard InChI is InChI=1S/C33H40FN7O/c1-21-6-5-11-41(18-21)19-23-12-28(38-29-27(23)7-9-32(29,2)3)30(42)37-26-14-24(13-25(34)15-26)33(16-22(17-33)8-10-35)31-39-36-20-40(31)4/h12-15,20-22H,5-9,11,16-19H2,1-4H3,(H,37,42)/t21-,22?,33?/m0/s1. The molecule has 9 heteroatoms. The summed E-state index contributed by atoms with van der Waals surface area (Å²) in [6.45, 7) is 9.66. The Bertz CT molecular complexity index is 1550. The Hall–Kier alpha value is -3.64. The van der Waals surface area contributed by atoms with Gasteiger partial charge in [-0.1, -0.05) is 20.8 Å². The van der Waals surface area contributed by atoms with Gasteiger partial charge in [0.1, 0.15) is 23.7 Å². The van der Waals surface area contributed by atoms with E-state index in [2.05, 4.69) is 47.3 Å². The summed E-state index contributed by atoms with van der Waals surface area (Å²) < 4.78 is 17.0. The summed E-state index contributed by atoms with van der Waals surface area (Å²) in [5, 5.41) is 20.6. The monoisotopic (exact) mass is 569 g/mol. The first kappa shape index (κ1) is 28.5. The van der Waals surface area contributed by atoms with E-state index in [0.29, 0.717) is 36.6 Å². The Morgan fingerprint density at radius 1 is 1.24 bits per heavy atom. The number of fused-ring (bicyclic) bond motifs is 1. The zero-order valence-corrected chi connectivity index (χ0v) is 25.1. The summed E-state index contributed by atoms with van der Waals surface area (Å²) in [6, 6.07) is 8.92. The van der Waals surface area contributed by atoms with E-state index in [9.17, 15) is 10.1 Å². The molecule has 0 spiro atoms. The van der Waals surface area contributed by atoms with Crippen LogP contribution >= 0.6 is 0 Å². The molecule has 8 nitrogen and oxygen atoms in total. The molecule has 42 heavy (non-hydrogen) atoms. The Labute approximate surface area is 247 Å². The van der Waals surface area contributed by atoms with E-state index in [0.717, 1.165) is 49.6 Å². The van der Waals surface area contributed by atoms with Gasteiger partial charge in [-0.2, -0.15) is 5.26 Å². The van der Waals surface area contributed by atoms with Crippen LogP contribution in [0.15, 0.2) is 30.6 Å².